The molecular weight excluding hydrogens is 282 g/mol. The molecule has 1 N–H and O–H groups in total. The molecule has 2 heterocycles. The number of aromatic nitrogens is 3. The summed E-state index contributed by atoms with van der Waals surface area (Å²) in [6.45, 7) is 3.92. The number of nitrogens with one attached hydrogen (secondary N) is 1. The average molecular weight is 299 g/mol. The highest BCUT2D eigenvalue weighted by Crippen LogP contribution is 2.17. The van der Waals surface area contributed by atoms with Crippen molar-refractivity contribution in [1.82, 2.24) is 14.1 Å². The lowest BCUT2D eigenvalue weighted by Gasteiger charge is -2.21. The summed E-state index contributed by atoms with van der Waals surface area (Å²) in [7, 11) is 1.79. The average Bonchev–Trinajstić information content (AvgIpc) is 2.60. The molecule has 0 aliphatic heterocycles. The molecule has 0 radical (unpaired) electrons. The normalized spacial score (nSPS) is 14.8. The Labute approximate surface area is 121 Å². The Morgan fingerprint density at radius 3 is 2.63 bits per heavy atom. The smallest absolute Gasteiger partial charge is 0.328 e. The lowest BCUT2D eigenvalue weighted by molar-refractivity contribution is 0.543. The van der Waals surface area contributed by atoms with Gasteiger partial charge in [0.05, 0.1) is 5.52 Å². The Bertz CT molecular complexity index is 740. The number of hydrogen-bond donors (Lipinski definition) is 3. The minimum absolute atomic E-state index is 0.216. The summed E-state index contributed by atoms with van der Waals surface area (Å²) in [5.74, 6) is 0.464. The molecule has 0 saturated heterocycles. The first kappa shape index (κ1) is 14.3. The molecule has 0 fully saturated rings. The van der Waals surface area contributed by atoms with Gasteiger partial charge in [0.2, 0.25) is 0 Å². The van der Waals surface area contributed by atoms with Crippen molar-refractivity contribution in [1.29, 1.82) is 0 Å². The molecular formula is C12H17N3O2S2. The van der Waals surface area contributed by atoms with Gasteiger partial charge in [0.15, 0.2) is 0 Å². The van der Waals surface area contributed by atoms with Gasteiger partial charge in [-0.3, -0.25) is 9.36 Å². The predicted octanol–water partition coefficient (Wildman–Crippen LogP) is 0.955. The minimum atomic E-state index is -0.520. The number of fused-ring (bicyclic) bond motifs is 1. The molecule has 0 aliphatic rings. The van der Waals surface area contributed by atoms with Crippen LogP contribution in [0.4, 0.5) is 0 Å². The van der Waals surface area contributed by atoms with E-state index in [4.69, 9.17) is 0 Å². The summed E-state index contributed by atoms with van der Waals surface area (Å²) < 4.78 is 2.40. The maximum absolute atomic E-state index is 12.4. The van der Waals surface area contributed by atoms with Gasteiger partial charge in [0.1, 0.15) is 5.52 Å². The number of aromatic amines is 1. The predicted molar refractivity (Wildman–Crippen MR) is 83.8 cm³/mol. The fourth-order valence-electron chi connectivity index (χ4n) is 2.13. The van der Waals surface area contributed by atoms with Crippen LogP contribution in [0.3, 0.4) is 0 Å². The van der Waals surface area contributed by atoms with E-state index >= 15 is 0 Å². The van der Waals surface area contributed by atoms with Crippen LogP contribution in [-0.2, 0) is 13.6 Å². The summed E-state index contributed by atoms with van der Waals surface area (Å²) in [6, 6.07) is 0. The second-order valence-electron chi connectivity index (χ2n) is 5.12. The Morgan fingerprint density at radius 1 is 1.42 bits per heavy atom. The molecule has 0 saturated carbocycles. The molecule has 0 aromatic carbocycles. The highest BCUT2D eigenvalue weighted by Gasteiger charge is 2.21. The highest BCUT2D eigenvalue weighted by atomic mass is 32.1. The third-order valence-electron chi connectivity index (χ3n) is 3.14. The summed E-state index contributed by atoms with van der Waals surface area (Å²) >= 11 is 8.61. The van der Waals surface area contributed by atoms with Crippen molar-refractivity contribution in [3.05, 3.63) is 32.6 Å². The Hall–Kier alpha value is -1.08. The second kappa shape index (κ2) is 4.79. The number of H-pyrrole nitrogens is 1. The third-order valence-corrected chi connectivity index (χ3v) is 4.38. The van der Waals surface area contributed by atoms with Crippen LogP contribution in [0.1, 0.15) is 12.5 Å². The lowest BCUT2D eigenvalue weighted by atomic mass is 10.2. The molecule has 0 bridgehead atoms. The molecule has 2 rings (SSSR count). The van der Waals surface area contributed by atoms with Crippen molar-refractivity contribution < 1.29 is 0 Å². The van der Waals surface area contributed by atoms with Crippen LogP contribution in [-0.4, -0.2) is 24.6 Å². The number of aryl methyl sites for hydroxylation is 2. The number of thiol groups is 2. The van der Waals surface area contributed by atoms with Crippen molar-refractivity contribution in [2.24, 2.45) is 7.05 Å². The second-order valence-corrected chi connectivity index (χ2v) is 6.52. The van der Waals surface area contributed by atoms with Crippen molar-refractivity contribution in [2.45, 2.75) is 25.1 Å². The van der Waals surface area contributed by atoms with Crippen LogP contribution in [0.2, 0.25) is 0 Å². The molecule has 19 heavy (non-hydrogen) atoms. The first-order valence-electron chi connectivity index (χ1n) is 5.89. The molecule has 0 amide bonds. The van der Waals surface area contributed by atoms with Gasteiger partial charge in [-0.1, -0.05) is 0 Å². The summed E-state index contributed by atoms with van der Waals surface area (Å²) in [5, 5.41) is 0. The largest absolute Gasteiger partial charge is 0.345 e. The monoisotopic (exact) mass is 299 g/mol. The number of nitrogens with zero attached hydrogens (tertiary/aromatic N) is 2. The van der Waals surface area contributed by atoms with Gasteiger partial charge in [0.25, 0.3) is 5.56 Å². The lowest BCUT2D eigenvalue weighted by Crippen LogP contribution is -2.41. The summed E-state index contributed by atoms with van der Waals surface area (Å²) in [6.07, 6.45) is 1.82. The quantitative estimate of drug-likeness (QED) is 0.739. The molecule has 1 atom stereocenters. The minimum Gasteiger partial charge on any atom is -0.345 e. The first-order chi connectivity index (χ1) is 8.76. The fraction of sp³-hybridized carbons (Fsp3) is 0.500. The van der Waals surface area contributed by atoms with E-state index in [1.54, 1.807) is 11.6 Å². The van der Waals surface area contributed by atoms with Gasteiger partial charge < -0.3 is 9.55 Å². The SMILES string of the molecule is Cc1cn(C)c2c(=O)n(C[C@@](C)(S)CS)c(=O)[nH]c12. The van der Waals surface area contributed by atoms with E-state index in [0.29, 0.717) is 16.8 Å². The van der Waals surface area contributed by atoms with E-state index in [9.17, 15) is 9.59 Å². The molecule has 2 aromatic heterocycles. The molecule has 104 valence electrons. The fourth-order valence-corrected chi connectivity index (χ4v) is 2.37. The Balaban J connectivity index is 2.74. The van der Waals surface area contributed by atoms with Crippen LogP contribution in [0.25, 0.3) is 11.0 Å². The van der Waals surface area contributed by atoms with Crippen LogP contribution in [0.5, 0.6) is 0 Å². The zero-order chi connectivity index (χ0) is 14.4. The van der Waals surface area contributed by atoms with Gasteiger partial charge in [-0.25, -0.2) is 4.79 Å². The summed E-state index contributed by atoms with van der Waals surface area (Å²) in [4.78, 5) is 27.3. The molecule has 5 nitrogen and oxygen atoms in total. The van der Waals surface area contributed by atoms with E-state index < -0.39 is 10.4 Å². The molecule has 0 unspecified atom stereocenters. The van der Waals surface area contributed by atoms with Crippen LogP contribution in [0.15, 0.2) is 15.8 Å². The van der Waals surface area contributed by atoms with E-state index in [2.05, 4.69) is 30.2 Å². The van der Waals surface area contributed by atoms with Crippen LogP contribution >= 0.6 is 25.3 Å². The van der Waals surface area contributed by atoms with E-state index in [-0.39, 0.29) is 12.1 Å². The van der Waals surface area contributed by atoms with Gasteiger partial charge in [-0.15, -0.1) is 0 Å². The number of rotatable bonds is 3. The van der Waals surface area contributed by atoms with Crippen molar-refractivity contribution in [3.63, 3.8) is 0 Å². The van der Waals surface area contributed by atoms with E-state index in [1.807, 2.05) is 20.0 Å². The van der Waals surface area contributed by atoms with Crippen molar-refractivity contribution in [3.8, 4) is 0 Å². The van der Waals surface area contributed by atoms with E-state index in [1.165, 1.54) is 4.57 Å². The van der Waals surface area contributed by atoms with Gasteiger partial charge >= 0.3 is 5.69 Å². The van der Waals surface area contributed by atoms with Gasteiger partial charge in [-0.2, -0.15) is 25.3 Å². The molecule has 2 aromatic rings. The summed E-state index contributed by atoms with van der Waals surface area (Å²) in [5.41, 5.74) is 1.27. The number of hydrogen-bond acceptors (Lipinski definition) is 4. The van der Waals surface area contributed by atoms with E-state index in [0.717, 1.165) is 5.56 Å². The Morgan fingerprint density at radius 2 is 2.05 bits per heavy atom. The van der Waals surface area contributed by atoms with Gasteiger partial charge in [-0.05, 0) is 19.4 Å². The van der Waals surface area contributed by atoms with Crippen molar-refractivity contribution >= 4 is 36.3 Å². The maximum Gasteiger partial charge on any atom is 0.328 e. The maximum atomic E-state index is 12.4. The van der Waals surface area contributed by atoms with Crippen LogP contribution < -0.4 is 11.2 Å². The zero-order valence-electron chi connectivity index (χ0n) is 11.1. The Kier molecular flexibility index (Phi) is 3.61. The molecule has 0 aliphatic carbocycles. The first-order valence-corrected chi connectivity index (χ1v) is 6.97. The highest BCUT2D eigenvalue weighted by molar-refractivity contribution is 7.85. The molecule has 0 spiro atoms. The zero-order valence-corrected chi connectivity index (χ0v) is 12.9. The van der Waals surface area contributed by atoms with Gasteiger partial charge in [0, 0.05) is 30.3 Å². The third kappa shape index (κ3) is 2.49. The standard InChI is InChI=1S/C12H17N3O2S2/c1-7-4-14(3)9-8(7)13-11(17)15(10(9)16)5-12(2,19)6-18/h4,18-19H,5-6H2,1-3H3,(H,13,17)/t12-/m1/s1. The molecule has 7 heteroatoms. The van der Waals surface area contributed by atoms with Crippen LogP contribution in [0, 0.1) is 6.92 Å². The topological polar surface area (TPSA) is 59.8 Å². The van der Waals surface area contributed by atoms with Crippen molar-refractivity contribution in [2.75, 3.05) is 5.75 Å².